The van der Waals surface area contributed by atoms with Gasteiger partial charge in [0.15, 0.2) is 29.3 Å². The minimum atomic E-state index is -0.474. The quantitative estimate of drug-likeness (QED) is 0.193. The molecule has 4 aromatic rings. The molecule has 0 aliphatic carbocycles. The van der Waals surface area contributed by atoms with Crippen molar-refractivity contribution < 1.29 is 33.5 Å². The Labute approximate surface area is 238 Å². The maximum absolute atomic E-state index is 12.6. The number of nitro groups is 1. The minimum absolute atomic E-state index is 0.0371. The van der Waals surface area contributed by atoms with Crippen LogP contribution in [0.1, 0.15) is 29.2 Å². The number of hydrogen-bond donors (Lipinski definition) is 1. The highest BCUT2D eigenvalue weighted by Crippen LogP contribution is 2.40. The molecule has 212 valence electrons. The lowest BCUT2D eigenvalue weighted by atomic mass is 9.98. The Hall–Kier alpha value is -4.91. The number of amides is 1. The van der Waals surface area contributed by atoms with Gasteiger partial charge in [0.25, 0.3) is 11.6 Å². The van der Waals surface area contributed by atoms with E-state index in [0.29, 0.717) is 44.8 Å². The molecule has 13 heteroatoms. The Morgan fingerprint density at radius 3 is 2.51 bits per heavy atom. The molecule has 0 spiro atoms. The van der Waals surface area contributed by atoms with Crippen LogP contribution in [-0.2, 0) is 9.63 Å². The Kier molecular flexibility index (Phi) is 7.88. The molecule has 1 atom stereocenters. The number of oxime groups is 1. The first-order chi connectivity index (χ1) is 19.8. The summed E-state index contributed by atoms with van der Waals surface area (Å²) in [6, 6.07) is 13.6. The van der Waals surface area contributed by atoms with Crippen LogP contribution in [0.3, 0.4) is 0 Å². The van der Waals surface area contributed by atoms with E-state index in [4.69, 9.17) is 23.8 Å². The molecule has 0 saturated heterocycles. The molecule has 1 aromatic heterocycles. The summed E-state index contributed by atoms with van der Waals surface area (Å²) < 4.78 is 22.7. The summed E-state index contributed by atoms with van der Waals surface area (Å²) in [6.45, 7) is 1.63. The first kappa shape index (κ1) is 27.6. The van der Waals surface area contributed by atoms with Crippen molar-refractivity contribution in [2.24, 2.45) is 5.16 Å². The van der Waals surface area contributed by atoms with Crippen molar-refractivity contribution >= 4 is 44.0 Å². The molecule has 0 saturated carbocycles. The molecule has 0 radical (unpaired) electrons. The molecule has 1 aliphatic heterocycles. The molecule has 12 nitrogen and oxygen atoms in total. The number of aromatic nitrogens is 1. The number of methoxy groups -OCH3 is 3. The summed E-state index contributed by atoms with van der Waals surface area (Å²) in [5.74, 6) is 1.65. The zero-order valence-corrected chi connectivity index (χ0v) is 23.4. The van der Waals surface area contributed by atoms with Crippen LogP contribution < -0.4 is 24.3 Å². The molecule has 1 amide bonds. The van der Waals surface area contributed by atoms with Crippen LogP contribution >= 0.6 is 11.3 Å². The fourth-order valence-electron chi connectivity index (χ4n) is 4.33. The van der Waals surface area contributed by atoms with Gasteiger partial charge in [0.2, 0.25) is 5.75 Å². The third kappa shape index (κ3) is 5.84. The summed E-state index contributed by atoms with van der Waals surface area (Å²) in [4.78, 5) is 33.2. The number of ether oxygens (including phenoxy) is 4. The van der Waals surface area contributed by atoms with Crippen molar-refractivity contribution in [3.8, 4) is 23.0 Å². The monoisotopic (exact) mass is 578 g/mol. The van der Waals surface area contributed by atoms with E-state index in [2.05, 4.69) is 15.5 Å². The summed E-state index contributed by atoms with van der Waals surface area (Å²) in [6.07, 6.45) is 0.143. The third-order valence-electron chi connectivity index (χ3n) is 6.44. The topological polar surface area (TPSA) is 144 Å². The van der Waals surface area contributed by atoms with Crippen LogP contribution in [0.2, 0.25) is 0 Å². The van der Waals surface area contributed by atoms with Crippen molar-refractivity contribution in [3.63, 3.8) is 0 Å². The first-order valence-corrected chi connectivity index (χ1v) is 13.2. The van der Waals surface area contributed by atoms with Gasteiger partial charge in [-0.05, 0) is 42.3 Å². The molecule has 5 rings (SSSR count). The van der Waals surface area contributed by atoms with Gasteiger partial charge < -0.3 is 23.8 Å². The van der Waals surface area contributed by atoms with Crippen molar-refractivity contribution in [3.05, 3.63) is 75.3 Å². The Morgan fingerprint density at radius 2 is 1.83 bits per heavy atom. The largest absolute Gasteiger partial charge is 0.493 e. The van der Waals surface area contributed by atoms with Crippen molar-refractivity contribution in [1.29, 1.82) is 0 Å². The number of carbonyl (C=O) groups is 1. The van der Waals surface area contributed by atoms with E-state index in [1.54, 1.807) is 27.4 Å². The number of nitrogens with zero attached hydrogens (tertiary/aromatic N) is 3. The SMILES string of the molecule is COc1cc(C2=NOC(c3ccc(C)c(OCC(=O)Nc4nc5ccc([N+](=O)[O-])cc5s4)c3)C2)cc(OC)c1OC. The molecular weight excluding hydrogens is 552 g/mol. The Bertz CT molecular complexity index is 1640. The number of nitrogens with one attached hydrogen (secondary N) is 1. The zero-order chi connectivity index (χ0) is 29.1. The molecule has 3 aromatic carbocycles. The molecule has 2 heterocycles. The maximum Gasteiger partial charge on any atom is 0.270 e. The molecule has 1 N–H and O–H groups in total. The number of aryl methyl sites for hydroxylation is 1. The normalized spacial score (nSPS) is 14.2. The Balaban J connectivity index is 1.24. The summed E-state index contributed by atoms with van der Waals surface area (Å²) >= 11 is 1.15. The van der Waals surface area contributed by atoms with Gasteiger partial charge >= 0.3 is 0 Å². The first-order valence-electron chi connectivity index (χ1n) is 12.4. The number of benzene rings is 3. The van der Waals surface area contributed by atoms with Crippen LogP contribution in [0.25, 0.3) is 10.2 Å². The lowest BCUT2D eigenvalue weighted by Crippen LogP contribution is -2.20. The van der Waals surface area contributed by atoms with E-state index >= 15 is 0 Å². The van der Waals surface area contributed by atoms with Gasteiger partial charge in [-0.3, -0.25) is 20.2 Å². The summed E-state index contributed by atoms with van der Waals surface area (Å²) in [7, 11) is 4.65. The van der Waals surface area contributed by atoms with E-state index in [-0.39, 0.29) is 18.4 Å². The average Bonchev–Trinajstić information content (AvgIpc) is 3.62. The number of anilines is 1. The highest BCUT2D eigenvalue weighted by Gasteiger charge is 2.27. The van der Waals surface area contributed by atoms with Crippen LogP contribution in [0, 0.1) is 17.0 Å². The number of nitro benzene ring substituents is 1. The molecule has 0 bridgehead atoms. The molecule has 41 heavy (non-hydrogen) atoms. The van der Waals surface area contributed by atoms with Crippen LogP contribution in [0.5, 0.6) is 23.0 Å². The third-order valence-corrected chi connectivity index (χ3v) is 7.37. The number of rotatable bonds is 10. The standard InChI is InChI=1S/C28H26N4O8S/c1-15-5-6-16(22-13-20(31-40-22)17-10-23(36-2)27(38-4)24(11-17)37-3)9-21(15)39-14-26(33)30-28-29-19-8-7-18(32(34)35)12-25(19)41-28/h5-12,22H,13-14H2,1-4H3,(H,29,30,33). The van der Waals surface area contributed by atoms with Crippen molar-refractivity contribution in [2.75, 3.05) is 33.3 Å². The van der Waals surface area contributed by atoms with Crippen molar-refractivity contribution in [1.82, 2.24) is 4.98 Å². The molecule has 1 aliphatic rings. The predicted molar refractivity (Wildman–Crippen MR) is 153 cm³/mol. The molecule has 0 fully saturated rings. The maximum atomic E-state index is 12.6. The van der Waals surface area contributed by atoms with E-state index in [1.165, 1.54) is 12.1 Å². The average molecular weight is 579 g/mol. The summed E-state index contributed by atoms with van der Waals surface area (Å²) in [5, 5.41) is 18.3. The van der Waals surface area contributed by atoms with Crippen LogP contribution in [0.15, 0.2) is 53.7 Å². The smallest absolute Gasteiger partial charge is 0.270 e. The van der Waals surface area contributed by atoms with Gasteiger partial charge in [-0.1, -0.05) is 28.6 Å². The number of carbonyl (C=O) groups excluding carboxylic acids is 1. The van der Waals surface area contributed by atoms with E-state index in [1.807, 2.05) is 37.3 Å². The second-order valence-electron chi connectivity index (χ2n) is 9.04. The number of non-ortho nitro benzene ring substituents is 1. The molecule has 1 unspecified atom stereocenters. The van der Waals surface area contributed by atoms with E-state index in [0.717, 1.165) is 33.7 Å². The summed E-state index contributed by atoms with van der Waals surface area (Å²) in [5.41, 5.74) is 3.71. The van der Waals surface area contributed by atoms with Gasteiger partial charge in [-0.15, -0.1) is 0 Å². The van der Waals surface area contributed by atoms with E-state index in [9.17, 15) is 14.9 Å². The number of hydrogen-bond acceptors (Lipinski definition) is 11. The van der Waals surface area contributed by atoms with Gasteiger partial charge in [-0.25, -0.2) is 4.98 Å². The number of fused-ring (bicyclic) bond motifs is 1. The Morgan fingerprint density at radius 1 is 1.07 bits per heavy atom. The predicted octanol–water partition coefficient (Wildman–Crippen LogP) is 5.42. The molecular formula is C28H26N4O8S. The zero-order valence-electron chi connectivity index (χ0n) is 22.6. The fourth-order valence-corrected chi connectivity index (χ4v) is 5.24. The van der Waals surface area contributed by atoms with Gasteiger partial charge in [0, 0.05) is 24.1 Å². The van der Waals surface area contributed by atoms with Gasteiger partial charge in [0.1, 0.15) is 5.75 Å². The number of thiazole rings is 1. The highest BCUT2D eigenvalue weighted by atomic mass is 32.1. The minimum Gasteiger partial charge on any atom is -0.493 e. The second kappa shape index (κ2) is 11.7. The second-order valence-corrected chi connectivity index (χ2v) is 10.1. The van der Waals surface area contributed by atoms with E-state index < -0.39 is 10.8 Å². The van der Waals surface area contributed by atoms with Gasteiger partial charge in [-0.2, -0.15) is 0 Å². The van der Waals surface area contributed by atoms with Crippen LogP contribution in [0.4, 0.5) is 10.8 Å². The lowest BCUT2D eigenvalue weighted by Gasteiger charge is -2.14. The fraction of sp³-hybridized carbons (Fsp3) is 0.250. The van der Waals surface area contributed by atoms with Gasteiger partial charge in [0.05, 0.1) is 42.2 Å². The van der Waals surface area contributed by atoms with Crippen molar-refractivity contribution in [2.45, 2.75) is 19.4 Å². The van der Waals surface area contributed by atoms with Crippen LogP contribution in [-0.4, -0.2) is 49.5 Å². The highest BCUT2D eigenvalue weighted by molar-refractivity contribution is 7.22. The lowest BCUT2D eigenvalue weighted by molar-refractivity contribution is -0.384.